The molecule has 0 saturated carbocycles. The molecule has 1 amide bonds. The molecule has 1 aromatic carbocycles. The Morgan fingerprint density at radius 1 is 1.14 bits per heavy atom. The molecule has 3 rings (SSSR count). The minimum absolute atomic E-state index is 0.151. The van der Waals surface area contributed by atoms with Gasteiger partial charge >= 0.3 is 0 Å². The lowest BCUT2D eigenvalue weighted by Gasteiger charge is -2.34. The number of anilines is 2. The van der Waals surface area contributed by atoms with Crippen LogP contribution in [0.2, 0.25) is 0 Å². The van der Waals surface area contributed by atoms with Crippen LogP contribution in [0.3, 0.4) is 0 Å². The van der Waals surface area contributed by atoms with E-state index >= 15 is 0 Å². The Labute approximate surface area is 128 Å². The van der Waals surface area contributed by atoms with Gasteiger partial charge in [-0.1, -0.05) is 12.1 Å². The van der Waals surface area contributed by atoms with E-state index in [2.05, 4.69) is 15.1 Å². The summed E-state index contributed by atoms with van der Waals surface area (Å²) in [5, 5.41) is 18.0. The summed E-state index contributed by atoms with van der Waals surface area (Å²) in [4.78, 5) is 14.6. The Morgan fingerprint density at radius 3 is 2.55 bits per heavy atom. The zero-order valence-electron chi connectivity index (χ0n) is 12.0. The van der Waals surface area contributed by atoms with Crippen LogP contribution in [0.25, 0.3) is 11.3 Å². The van der Waals surface area contributed by atoms with Crippen molar-refractivity contribution in [2.24, 2.45) is 0 Å². The summed E-state index contributed by atoms with van der Waals surface area (Å²) in [7, 11) is 0. The molecule has 0 radical (unpaired) electrons. The Morgan fingerprint density at radius 2 is 1.86 bits per heavy atom. The average Bonchev–Trinajstić information content (AvgIpc) is 2.56. The number of carbonyl (C=O) groups is 1. The molecule has 7 nitrogen and oxygen atoms in total. The van der Waals surface area contributed by atoms with E-state index in [0.29, 0.717) is 43.3 Å². The van der Waals surface area contributed by atoms with Gasteiger partial charge in [-0.3, -0.25) is 4.79 Å². The largest absolute Gasteiger partial charge is 0.507 e. The van der Waals surface area contributed by atoms with Gasteiger partial charge in [0, 0.05) is 31.7 Å². The first kappa shape index (κ1) is 14.1. The van der Waals surface area contributed by atoms with Crippen molar-refractivity contribution in [2.45, 2.75) is 0 Å². The number of para-hydroxylation sites is 1. The number of aromatic nitrogens is 2. The molecule has 114 valence electrons. The molecule has 7 heteroatoms. The predicted octanol–water partition coefficient (Wildman–Crippen LogP) is 0.710. The second-order valence-corrected chi connectivity index (χ2v) is 5.15. The van der Waals surface area contributed by atoms with Crippen molar-refractivity contribution < 1.29 is 9.90 Å². The maximum atomic E-state index is 10.8. The van der Waals surface area contributed by atoms with Crippen molar-refractivity contribution in [1.82, 2.24) is 15.1 Å². The Bertz CT molecular complexity index is 683. The summed E-state index contributed by atoms with van der Waals surface area (Å²) in [5.74, 6) is 0.497. The van der Waals surface area contributed by atoms with Crippen LogP contribution in [-0.2, 0) is 4.79 Å². The number of hydrogen-bond donors (Lipinski definition) is 2. The van der Waals surface area contributed by atoms with Gasteiger partial charge in [-0.2, -0.15) is 0 Å². The topological polar surface area (TPSA) is 95.6 Å². The van der Waals surface area contributed by atoms with Crippen molar-refractivity contribution in [3.05, 3.63) is 30.3 Å². The van der Waals surface area contributed by atoms with E-state index in [1.165, 1.54) is 0 Å². The number of phenols is 1. The number of nitrogens with two attached hydrogens (primary N) is 1. The van der Waals surface area contributed by atoms with Crippen molar-refractivity contribution >= 4 is 17.9 Å². The Hall–Kier alpha value is -2.83. The number of hydrogen-bond acceptors (Lipinski definition) is 6. The average molecular weight is 299 g/mol. The number of rotatable bonds is 3. The molecule has 0 aliphatic carbocycles. The molecule has 2 aromatic rings. The molecule has 1 saturated heterocycles. The van der Waals surface area contributed by atoms with Gasteiger partial charge in [-0.15, -0.1) is 10.2 Å². The van der Waals surface area contributed by atoms with Crippen LogP contribution in [0.4, 0.5) is 11.5 Å². The van der Waals surface area contributed by atoms with Crippen molar-refractivity contribution in [2.75, 3.05) is 36.8 Å². The Kier molecular flexibility index (Phi) is 3.78. The van der Waals surface area contributed by atoms with Gasteiger partial charge in [0.25, 0.3) is 0 Å². The number of aromatic hydroxyl groups is 1. The summed E-state index contributed by atoms with van der Waals surface area (Å²) in [6, 6.07) is 8.80. The second kappa shape index (κ2) is 5.88. The van der Waals surface area contributed by atoms with Gasteiger partial charge in [0.2, 0.25) is 6.41 Å². The van der Waals surface area contributed by atoms with Crippen LogP contribution >= 0.6 is 0 Å². The quantitative estimate of drug-likeness (QED) is 0.810. The van der Waals surface area contributed by atoms with E-state index in [-0.39, 0.29) is 5.75 Å². The zero-order chi connectivity index (χ0) is 15.5. The zero-order valence-corrected chi connectivity index (χ0v) is 12.0. The van der Waals surface area contributed by atoms with Crippen LogP contribution in [0, 0.1) is 0 Å². The minimum Gasteiger partial charge on any atom is -0.507 e. The third kappa shape index (κ3) is 2.65. The predicted molar refractivity (Wildman–Crippen MR) is 83.4 cm³/mol. The standard InChI is InChI=1S/C15H17N5O2/c16-15-13(20-7-5-19(10-21)6-8-20)9-12(17-18-15)11-3-1-2-4-14(11)22/h1-4,9-10,22H,5-8H2,(H2,16,18). The fraction of sp³-hybridized carbons (Fsp3) is 0.267. The fourth-order valence-electron chi connectivity index (χ4n) is 2.53. The highest BCUT2D eigenvalue weighted by molar-refractivity contribution is 5.74. The van der Waals surface area contributed by atoms with E-state index in [4.69, 9.17) is 5.73 Å². The van der Waals surface area contributed by atoms with Gasteiger partial charge in [-0.25, -0.2) is 0 Å². The van der Waals surface area contributed by atoms with E-state index in [9.17, 15) is 9.90 Å². The summed E-state index contributed by atoms with van der Waals surface area (Å²) < 4.78 is 0. The molecule has 0 spiro atoms. The maximum Gasteiger partial charge on any atom is 0.209 e. The molecule has 3 N–H and O–H groups in total. The molecule has 0 atom stereocenters. The lowest BCUT2D eigenvalue weighted by molar-refractivity contribution is -0.118. The van der Waals surface area contributed by atoms with Crippen LogP contribution in [0.5, 0.6) is 5.75 Å². The number of phenolic OH excluding ortho intramolecular Hbond substituents is 1. The molecule has 1 aliphatic heterocycles. The SMILES string of the molecule is Nc1nnc(-c2ccccc2O)cc1N1CCN(C=O)CC1. The molecular weight excluding hydrogens is 282 g/mol. The van der Waals surface area contributed by atoms with Crippen LogP contribution in [0.15, 0.2) is 30.3 Å². The number of nitrogens with zero attached hydrogens (tertiary/aromatic N) is 4. The lowest BCUT2D eigenvalue weighted by atomic mass is 10.1. The summed E-state index contributed by atoms with van der Waals surface area (Å²) >= 11 is 0. The normalized spacial score (nSPS) is 14.9. The second-order valence-electron chi connectivity index (χ2n) is 5.15. The number of carbonyl (C=O) groups excluding carboxylic acids is 1. The highest BCUT2D eigenvalue weighted by Crippen LogP contribution is 2.31. The third-order valence-corrected chi connectivity index (χ3v) is 3.79. The first-order valence-electron chi connectivity index (χ1n) is 7.05. The monoisotopic (exact) mass is 299 g/mol. The molecule has 1 aliphatic rings. The lowest BCUT2D eigenvalue weighted by Crippen LogP contribution is -2.46. The molecule has 1 aromatic heterocycles. The van der Waals surface area contributed by atoms with Gasteiger partial charge in [0.1, 0.15) is 5.75 Å². The highest BCUT2D eigenvalue weighted by atomic mass is 16.3. The molecule has 0 unspecified atom stereocenters. The summed E-state index contributed by atoms with van der Waals surface area (Å²) in [5.41, 5.74) is 7.90. The molecular formula is C15H17N5O2. The van der Waals surface area contributed by atoms with E-state index in [1.54, 1.807) is 23.1 Å². The van der Waals surface area contributed by atoms with Gasteiger partial charge < -0.3 is 20.6 Å². The van der Waals surface area contributed by atoms with E-state index in [1.807, 2.05) is 12.1 Å². The van der Waals surface area contributed by atoms with Crippen LogP contribution in [-0.4, -0.2) is 52.8 Å². The van der Waals surface area contributed by atoms with Crippen LogP contribution < -0.4 is 10.6 Å². The number of amides is 1. The van der Waals surface area contributed by atoms with Crippen molar-refractivity contribution in [1.29, 1.82) is 0 Å². The number of piperazine rings is 1. The molecule has 22 heavy (non-hydrogen) atoms. The van der Waals surface area contributed by atoms with E-state index in [0.717, 1.165) is 12.1 Å². The van der Waals surface area contributed by atoms with Crippen LogP contribution in [0.1, 0.15) is 0 Å². The third-order valence-electron chi connectivity index (χ3n) is 3.79. The van der Waals surface area contributed by atoms with Gasteiger partial charge in [0.15, 0.2) is 5.82 Å². The molecule has 2 heterocycles. The number of nitrogen functional groups attached to an aromatic ring is 1. The molecule has 1 fully saturated rings. The van der Waals surface area contributed by atoms with Crippen molar-refractivity contribution in [3.63, 3.8) is 0 Å². The first-order valence-corrected chi connectivity index (χ1v) is 7.05. The highest BCUT2D eigenvalue weighted by Gasteiger charge is 2.19. The first-order chi connectivity index (χ1) is 10.7. The fourth-order valence-corrected chi connectivity index (χ4v) is 2.53. The maximum absolute atomic E-state index is 10.8. The Balaban J connectivity index is 1.91. The van der Waals surface area contributed by atoms with Gasteiger partial charge in [-0.05, 0) is 18.2 Å². The van der Waals surface area contributed by atoms with Gasteiger partial charge in [0.05, 0.1) is 11.4 Å². The minimum atomic E-state index is 0.151. The van der Waals surface area contributed by atoms with Crippen molar-refractivity contribution in [3.8, 4) is 17.0 Å². The number of benzene rings is 1. The molecule has 0 bridgehead atoms. The summed E-state index contributed by atoms with van der Waals surface area (Å²) in [6.45, 7) is 2.68. The summed E-state index contributed by atoms with van der Waals surface area (Å²) in [6.07, 6.45) is 0.860. The van der Waals surface area contributed by atoms with E-state index < -0.39 is 0 Å². The smallest absolute Gasteiger partial charge is 0.209 e.